The molecule has 0 saturated carbocycles. The molecule has 6 heteroatoms. The van der Waals surface area contributed by atoms with Gasteiger partial charge in [0.05, 0.1) is 0 Å². The monoisotopic (exact) mass is 353 g/mol. The molecule has 0 bridgehead atoms. The van der Waals surface area contributed by atoms with Gasteiger partial charge in [-0.25, -0.2) is 4.79 Å². The molecule has 1 aromatic carbocycles. The lowest BCUT2D eigenvalue weighted by molar-refractivity contribution is 0.0515. The first kappa shape index (κ1) is 19.0. The van der Waals surface area contributed by atoms with Gasteiger partial charge in [0.2, 0.25) is 0 Å². The van der Waals surface area contributed by atoms with Crippen LogP contribution in [0.2, 0.25) is 5.02 Å². The van der Waals surface area contributed by atoms with Gasteiger partial charge in [-0.1, -0.05) is 23.7 Å². The summed E-state index contributed by atoms with van der Waals surface area (Å²) in [6, 6.07) is 8.05. The standard InChI is InChI=1S/C18H28ClN3O2/c1-18(2,3)24-17(23)20-8-9-21-10-12-22(13-11-21)14-15-4-6-16(19)7-5-15/h4-7H,8-14H2,1-3H3,(H,20,23). The van der Waals surface area contributed by atoms with Crippen molar-refractivity contribution in [1.82, 2.24) is 15.1 Å². The van der Waals surface area contributed by atoms with Crippen LogP contribution >= 0.6 is 11.6 Å². The summed E-state index contributed by atoms with van der Waals surface area (Å²) >= 11 is 5.92. The Hall–Kier alpha value is -1.30. The van der Waals surface area contributed by atoms with Crippen LogP contribution in [0.15, 0.2) is 24.3 Å². The van der Waals surface area contributed by atoms with Crippen molar-refractivity contribution in [1.29, 1.82) is 0 Å². The summed E-state index contributed by atoms with van der Waals surface area (Å²) in [5.74, 6) is 0. The van der Waals surface area contributed by atoms with Gasteiger partial charge in [0, 0.05) is 50.8 Å². The second-order valence-electron chi connectivity index (χ2n) is 7.17. The number of nitrogens with zero attached hydrogens (tertiary/aromatic N) is 2. The van der Waals surface area contributed by atoms with Crippen LogP contribution in [0.3, 0.4) is 0 Å². The first-order valence-electron chi connectivity index (χ1n) is 8.48. The van der Waals surface area contributed by atoms with Crippen LogP contribution in [0, 0.1) is 0 Å². The Balaban J connectivity index is 1.62. The van der Waals surface area contributed by atoms with E-state index in [-0.39, 0.29) is 6.09 Å². The van der Waals surface area contributed by atoms with Crippen molar-refractivity contribution in [3.05, 3.63) is 34.9 Å². The van der Waals surface area contributed by atoms with Gasteiger partial charge in [0.25, 0.3) is 0 Å². The van der Waals surface area contributed by atoms with Crippen molar-refractivity contribution in [2.75, 3.05) is 39.3 Å². The van der Waals surface area contributed by atoms with Crippen LogP contribution in [-0.4, -0.2) is 60.8 Å². The fourth-order valence-electron chi connectivity index (χ4n) is 2.65. The van der Waals surface area contributed by atoms with Gasteiger partial charge < -0.3 is 10.1 Å². The maximum Gasteiger partial charge on any atom is 0.407 e. The van der Waals surface area contributed by atoms with E-state index in [0.29, 0.717) is 6.54 Å². The molecule has 1 heterocycles. The lowest BCUT2D eigenvalue weighted by atomic mass is 10.2. The second kappa shape index (κ2) is 8.70. The molecule has 1 aromatic rings. The molecule has 0 aromatic heterocycles. The molecule has 5 nitrogen and oxygen atoms in total. The summed E-state index contributed by atoms with van der Waals surface area (Å²) in [6.45, 7) is 12.1. The number of piperazine rings is 1. The number of benzene rings is 1. The van der Waals surface area contributed by atoms with Crippen molar-refractivity contribution in [2.45, 2.75) is 32.9 Å². The minimum atomic E-state index is -0.447. The summed E-state index contributed by atoms with van der Waals surface area (Å²) in [6.07, 6.45) is -0.344. The van der Waals surface area contributed by atoms with E-state index in [9.17, 15) is 4.79 Å². The predicted molar refractivity (Wildman–Crippen MR) is 97.4 cm³/mol. The van der Waals surface area contributed by atoms with Gasteiger partial charge in [-0.3, -0.25) is 9.80 Å². The molecule has 2 rings (SSSR count). The van der Waals surface area contributed by atoms with Crippen LogP contribution in [0.25, 0.3) is 0 Å². The van der Waals surface area contributed by atoms with Gasteiger partial charge in [-0.05, 0) is 38.5 Å². The molecule has 0 atom stereocenters. The third-order valence-electron chi connectivity index (χ3n) is 3.88. The van der Waals surface area contributed by atoms with Crippen LogP contribution < -0.4 is 5.32 Å². The van der Waals surface area contributed by atoms with Crippen molar-refractivity contribution >= 4 is 17.7 Å². The van der Waals surface area contributed by atoms with E-state index in [1.54, 1.807) is 0 Å². The van der Waals surface area contributed by atoms with Crippen LogP contribution in [0.5, 0.6) is 0 Å². The van der Waals surface area contributed by atoms with Crippen LogP contribution in [0.1, 0.15) is 26.3 Å². The third kappa shape index (κ3) is 7.07. The van der Waals surface area contributed by atoms with Gasteiger partial charge in [0.15, 0.2) is 0 Å². The molecule has 0 radical (unpaired) electrons. The quantitative estimate of drug-likeness (QED) is 0.883. The maximum absolute atomic E-state index is 11.6. The molecular formula is C18H28ClN3O2. The molecule has 1 fully saturated rings. The van der Waals surface area contributed by atoms with Crippen LogP contribution in [0.4, 0.5) is 4.79 Å². The first-order valence-corrected chi connectivity index (χ1v) is 8.86. The molecule has 24 heavy (non-hydrogen) atoms. The van der Waals surface area contributed by atoms with Crippen molar-refractivity contribution < 1.29 is 9.53 Å². The molecule has 0 spiro atoms. The Morgan fingerprint density at radius 1 is 1.12 bits per heavy atom. The summed E-state index contributed by atoms with van der Waals surface area (Å²) in [7, 11) is 0. The zero-order chi connectivity index (χ0) is 17.6. The van der Waals surface area contributed by atoms with Gasteiger partial charge in [0.1, 0.15) is 5.60 Å². The van der Waals surface area contributed by atoms with E-state index >= 15 is 0 Å². The van der Waals surface area contributed by atoms with Crippen molar-refractivity contribution in [3.8, 4) is 0 Å². The molecule has 1 aliphatic heterocycles. The Morgan fingerprint density at radius 3 is 2.29 bits per heavy atom. The minimum Gasteiger partial charge on any atom is -0.444 e. The topological polar surface area (TPSA) is 44.8 Å². The SMILES string of the molecule is CC(C)(C)OC(=O)NCCN1CCN(Cc2ccc(Cl)cc2)CC1. The van der Waals surface area contributed by atoms with E-state index < -0.39 is 5.60 Å². The van der Waals surface area contributed by atoms with E-state index in [0.717, 1.165) is 44.3 Å². The average Bonchev–Trinajstić information content (AvgIpc) is 2.49. The van der Waals surface area contributed by atoms with E-state index in [4.69, 9.17) is 16.3 Å². The largest absolute Gasteiger partial charge is 0.444 e. The molecule has 1 saturated heterocycles. The van der Waals surface area contributed by atoms with Gasteiger partial charge in [-0.15, -0.1) is 0 Å². The Kier molecular flexibility index (Phi) is 6.90. The first-order chi connectivity index (χ1) is 11.3. The van der Waals surface area contributed by atoms with Crippen LogP contribution in [-0.2, 0) is 11.3 Å². The maximum atomic E-state index is 11.6. The minimum absolute atomic E-state index is 0.344. The lowest BCUT2D eigenvalue weighted by Crippen LogP contribution is -2.48. The molecule has 0 aliphatic carbocycles. The summed E-state index contributed by atoms with van der Waals surface area (Å²) in [5.41, 5.74) is 0.844. The fourth-order valence-corrected chi connectivity index (χ4v) is 2.78. The van der Waals surface area contributed by atoms with Gasteiger partial charge >= 0.3 is 6.09 Å². The molecular weight excluding hydrogens is 326 g/mol. The zero-order valence-corrected chi connectivity index (χ0v) is 15.6. The number of amides is 1. The highest BCUT2D eigenvalue weighted by molar-refractivity contribution is 6.30. The normalized spacial score (nSPS) is 16.8. The smallest absolute Gasteiger partial charge is 0.407 e. The number of alkyl carbamates (subject to hydrolysis) is 1. The van der Waals surface area contributed by atoms with E-state index in [1.165, 1.54) is 5.56 Å². The predicted octanol–water partition coefficient (Wildman–Crippen LogP) is 2.98. The van der Waals surface area contributed by atoms with E-state index in [1.807, 2.05) is 32.9 Å². The number of carbonyl (C=O) groups excluding carboxylic acids is 1. The summed E-state index contributed by atoms with van der Waals surface area (Å²) in [4.78, 5) is 16.4. The van der Waals surface area contributed by atoms with Gasteiger partial charge in [-0.2, -0.15) is 0 Å². The summed E-state index contributed by atoms with van der Waals surface area (Å²) < 4.78 is 5.23. The third-order valence-corrected chi connectivity index (χ3v) is 4.13. The van der Waals surface area contributed by atoms with E-state index in [2.05, 4.69) is 27.2 Å². The van der Waals surface area contributed by atoms with Crippen molar-refractivity contribution in [3.63, 3.8) is 0 Å². The average molecular weight is 354 g/mol. The van der Waals surface area contributed by atoms with Crippen molar-refractivity contribution in [2.24, 2.45) is 0 Å². The molecule has 1 amide bonds. The number of ether oxygens (including phenoxy) is 1. The number of rotatable bonds is 5. The number of hydrogen-bond donors (Lipinski definition) is 1. The molecule has 134 valence electrons. The summed E-state index contributed by atoms with van der Waals surface area (Å²) in [5, 5.41) is 3.59. The number of halogens is 1. The fraction of sp³-hybridized carbons (Fsp3) is 0.611. The highest BCUT2D eigenvalue weighted by Crippen LogP contribution is 2.13. The highest BCUT2D eigenvalue weighted by Gasteiger charge is 2.18. The highest BCUT2D eigenvalue weighted by atomic mass is 35.5. The number of carbonyl (C=O) groups is 1. The molecule has 1 aliphatic rings. The Labute approximate surface area is 149 Å². The zero-order valence-electron chi connectivity index (χ0n) is 14.8. The number of hydrogen-bond acceptors (Lipinski definition) is 4. The molecule has 1 N–H and O–H groups in total. The molecule has 0 unspecified atom stereocenters. The Morgan fingerprint density at radius 2 is 1.71 bits per heavy atom. The number of nitrogens with one attached hydrogen (secondary N) is 1. The lowest BCUT2D eigenvalue weighted by Gasteiger charge is -2.34. The Bertz CT molecular complexity index is 520. The second-order valence-corrected chi connectivity index (χ2v) is 7.61.